The van der Waals surface area contributed by atoms with Gasteiger partial charge in [-0.25, -0.2) is 4.79 Å². The van der Waals surface area contributed by atoms with Gasteiger partial charge in [0.2, 0.25) is 0 Å². The van der Waals surface area contributed by atoms with Crippen LogP contribution in [0.15, 0.2) is 56.3 Å². The Bertz CT molecular complexity index is 951. The van der Waals surface area contributed by atoms with Crippen LogP contribution >= 0.6 is 15.9 Å². The lowest BCUT2D eigenvalue weighted by atomic mass is 10.2. The molecule has 0 atom stereocenters. The van der Waals surface area contributed by atoms with Crippen LogP contribution in [0.5, 0.6) is 17.2 Å². The number of methoxy groups -OCH3 is 2. The Labute approximate surface area is 158 Å². The molecular weight excluding hydrogens is 404 g/mol. The van der Waals surface area contributed by atoms with Gasteiger partial charge in [-0.15, -0.1) is 0 Å². The Morgan fingerprint density at radius 3 is 2.65 bits per heavy atom. The van der Waals surface area contributed by atoms with Gasteiger partial charge in [0.25, 0.3) is 0 Å². The van der Waals surface area contributed by atoms with Crippen molar-refractivity contribution in [2.24, 2.45) is 0 Å². The molecule has 0 amide bonds. The third-order valence-electron chi connectivity index (χ3n) is 3.71. The van der Waals surface area contributed by atoms with Crippen molar-refractivity contribution in [1.29, 1.82) is 0 Å². The van der Waals surface area contributed by atoms with Crippen molar-refractivity contribution in [2.75, 3.05) is 20.8 Å². The fraction of sp³-hybridized carbons (Fsp3) is 0.222. The van der Waals surface area contributed by atoms with Crippen molar-refractivity contribution in [3.63, 3.8) is 0 Å². The van der Waals surface area contributed by atoms with Gasteiger partial charge in [-0.3, -0.25) is 9.09 Å². The van der Waals surface area contributed by atoms with E-state index in [1.54, 1.807) is 32.4 Å². The summed E-state index contributed by atoms with van der Waals surface area (Å²) >= 11 is 3.39. The molecule has 0 aliphatic carbocycles. The van der Waals surface area contributed by atoms with Crippen molar-refractivity contribution in [3.8, 4) is 28.6 Å². The minimum Gasteiger partial charge on any atom is -0.493 e. The van der Waals surface area contributed by atoms with Gasteiger partial charge >= 0.3 is 5.76 Å². The number of rotatable bonds is 7. The molecule has 1 heterocycles. The second-order valence-electron chi connectivity index (χ2n) is 5.30. The summed E-state index contributed by atoms with van der Waals surface area (Å²) < 4.78 is 23.4. The van der Waals surface area contributed by atoms with Crippen LogP contribution in [-0.4, -0.2) is 30.6 Å². The maximum absolute atomic E-state index is 12.0. The maximum atomic E-state index is 12.0. The molecule has 0 unspecified atom stereocenters. The first-order valence-electron chi connectivity index (χ1n) is 7.79. The molecule has 0 saturated carbocycles. The first-order valence-corrected chi connectivity index (χ1v) is 8.59. The number of nitrogens with zero attached hydrogens (tertiary/aromatic N) is 2. The maximum Gasteiger partial charge on any atom is 0.441 e. The van der Waals surface area contributed by atoms with Gasteiger partial charge in [0.05, 0.1) is 20.8 Å². The number of ether oxygens (including phenoxy) is 3. The molecule has 0 saturated heterocycles. The first-order chi connectivity index (χ1) is 12.6. The van der Waals surface area contributed by atoms with E-state index in [9.17, 15) is 4.79 Å². The van der Waals surface area contributed by atoms with Crippen molar-refractivity contribution >= 4 is 15.9 Å². The predicted molar refractivity (Wildman–Crippen MR) is 98.9 cm³/mol. The van der Waals surface area contributed by atoms with E-state index in [1.807, 2.05) is 24.3 Å². The molecule has 0 bridgehead atoms. The Hall–Kier alpha value is -2.74. The summed E-state index contributed by atoms with van der Waals surface area (Å²) in [5.41, 5.74) is 0.677. The lowest BCUT2D eigenvalue weighted by molar-refractivity contribution is 0.290. The minimum absolute atomic E-state index is 0.290. The highest BCUT2D eigenvalue weighted by molar-refractivity contribution is 9.10. The number of halogens is 1. The quantitative estimate of drug-likeness (QED) is 0.583. The SMILES string of the molecule is COc1ccc(-c2noc(=O)n2CCOc2cccc(Br)c2)cc1OC. The lowest BCUT2D eigenvalue weighted by Gasteiger charge is -2.10. The third-order valence-corrected chi connectivity index (χ3v) is 4.20. The Kier molecular flexibility index (Phi) is 5.62. The first kappa shape index (κ1) is 18.1. The Morgan fingerprint density at radius 1 is 1.12 bits per heavy atom. The van der Waals surface area contributed by atoms with E-state index in [-0.39, 0.29) is 6.61 Å². The molecule has 0 fully saturated rings. The summed E-state index contributed by atoms with van der Waals surface area (Å²) in [5, 5.41) is 3.87. The summed E-state index contributed by atoms with van der Waals surface area (Å²) in [5.74, 6) is 1.68. The van der Waals surface area contributed by atoms with Crippen LogP contribution in [0.4, 0.5) is 0 Å². The number of aromatic nitrogens is 2. The van der Waals surface area contributed by atoms with E-state index < -0.39 is 5.76 Å². The normalized spacial score (nSPS) is 10.6. The van der Waals surface area contributed by atoms with E-state index in [0.717, 1.165) is 4.47 Å². The highest BCUT2D eigenvalue weighted by Crippen LogP contribution is 2.31. The van der Waals surface area contributed by atoms with Gasteiger partial charge in [0.1, 0.15) is 12.4 Å². The number of hydrogen-bond acceptors (Lipinski definition) is 6. The average molecular weight is 421 g/mol. The van der Waals surface area contributed by atoms with Gasteiger partial charge in [0, 0.05) is 10.0 Å². The summed E-state index contributed by atoms with van der Waals surface area (Å²) in [4.78, 5) is 12.0. The molecule has 0 N–H and O–H groups in total. The smallest absolute Gasteiger partial charge is 0.441 e. The second kappa shape index (κ2) is 8.09. The molecule has 0 spiro atoms. The Balaban J connectivity index is 1.80. The van der Waals surface area contributed by atoms with Gasteiger partial charge < -0.3 is 14.2 Å². The molecule has 0 aliphatic heterocycles. The van der Waals surface area contributed by atoms with Crippen LogP contribution in [-0.2, 0) is 6.54 Å². The molecule has 0 aliphatic rings. The topological polar surface area (TPSA) is 75.7 Å². The average Bonchev–Trinajstić information content (AvgIpc) is 3.02. The number of benzene rings is 2. The minimum atomic E-state index is -0.548. The Morgan fingerprint density at radius 2 is 1.92 bits per heavy atom. The fourth-order valence-electron chi connectivity index (χ4n) is 2.46. The molecule has 7 nitrogen and oxygen atoms in total. The van der Waals surface area contributed by atoms with Crippen molar-refractivity contribution in [1.82, 2.24) is 9.72 Å². The van der Waals surface area contributed by atoms with E-state index in [1.165, 1.54) is 4.57 Å². The van der Waals surface area contributed by atoms with Gasteiger partial charge in [-0.05, 0) is 36.4 Å². The summed E-state index contributed by atoms with van der Waals surface area (Å²) in [6.45, 7) is 0.580. The van der Waals surface area contributed by atoms with Gasteiger partial charge in [-0.1, -0.05) is 27.2 Å². The van der Waals surface area contributed by atoms with Crippen molar-refractivity contribution < 1.29 is 18.7 Å². The highest BCUT2D eigenvalue weighted by atomic mass is 79.9. The molecule has 3 rings (SSSR count). The largest absolute Gasteiger partial charge is 0.493 e. The van der Waals surface area contributed by atoms with Gasteiger partial charge in [0.15, 0.2) is 17.3 Å². The van der Waals surface area contributed by atoms with Crippen LogP contribution in [0.1, 0.15) is 0 Å². The molecule has 1 aromatic heterocycles. The van der Waals surface area contributed by atoms with E-state index in [4.69, 9.17) is 18.7 Å². The van der Waals surface area contributed by atoms with Crippen LogP contribution in [0, 0.1) is 0 Å². The molecule has 136 valence electrons. The molecule has 0 radical (unpaired) electrons. The summed E-state index contributed by atoms with van der Waals surface area (Å²) in [6.07, 6.45) is 0. The zero-order valence-electron chi connectivity index (χ0n) is 14.3. The molecule has 2 aromatic carbocycles. The van der Waals surface area contributed by atoms with E-state index in [0.29, 0.717) is 35.2 Å². The standard InChI is InChI=1S/C18H17BrN2O5/c1-23-15-7-6-12(10-16(15)24-2)17-20-26-18(22)21(17)8-9-25-14-5-3-4-13(19)11-14/h3-7,10-11H,8-9H2,1-2H3. The number of hydrogen-bond donors (Lipinski definition) is 0. The van der Waals surface area contributed by atoms with E-state index in [2.05, 4.69) is 21.1 Å². The zero-order valence-corrected chi connectivity index (χ0v) is 15.9. The molecule has 8 heteroatoms. The van der Waals surface area contributed by atoms with Gasteiger partial charge in [-0.2, -0.15) is 0 Å². The second-order valence-corrected chi connectivity index (χ2v) is 6.22. The summed E-state index contributed by atoms with van der Waals surface area (Å²) in [7, 11) is 3.10. The van der Waals surface area contributed by atoms with Crippen LogP contribution in [0.25, 0.3) is 11.4 Å². The lowest BCUT2D eigenvalue weighted by Crippen LogP contribution is -2.19. The van der Waals surface area contributed by atoms with Crippen molar-refractivity contribution in [2.45, 2.75) is 6.54 Å². The van der Waals surface area contributed by atoms with E-state index >= 15 is 0 Å². The molecular formula is C18H17BrN2O5. The van der Waals surface area contributed by atoms with Crippen LogP contribution in [0.3, 0.4) is 0 Å². The predicted octanol–water partition coefficient (Wildman–Crippen LogP) is 3.36. The molecule has 3 aromatic rings. The third kappa shape index (κ3) is 3.91. The monoisotopic (exact) mass is 420 g/mol. The zero-order chi connectivity index (χ0) is 18.5. The fourth-order valence-corrected chi connectivity index (χ4v) is 2.84. The van der Waals surface area contributed by atoms with Crippen molar-refractivity contribution in [3.05, 3.63) is 57.5 Å². The van der Waals surface area contributed by atoms with Crippen LogP contribution in [0.2, 0.25) is 0 Å². The molecule has 26 heavy (non-hydrogen) atoms. The highest BCUT2D eigenvalue weighted by Gasteiger charge is 2.15. The summed E-state index contributed by atoms with van der Waals surface area (Å²) in [6, 6.07) is 12.7. The van der Waals surface area contributed by atoms with Crippen LogP contribution < -0.4 is 20.0 Å².